The van der Waals surface area contributed by atoms with Gasteiger partial charge in [-0.15, -0.1) is 0 Å². The van der Waals surface area contributed by atoms with Crippen LogP contribution in [0.5, 0.6) is 17.5 Å². The van der Waals surface area contributed by atoms with Gasteiger partial charge < -0.3 is 36.5 Å². The molecule has 0 aliphatic carbocycles. The van der Waals surface area contributed by atoms with Crippen LogP contribution in [0.2, 0.25) is 0 Å². The van der Waals surface area contributed by atoms with Crippen LogP contribution >= 0.6 is 0 Å². The molecule has 1 atom stereocenters. The first kappa shape index (κ1) is 30.0. The molecule has 0 spiro atoms. The number of nitrogen functional groups attached to an aromatic ring is 2. The van der Waals surface area contributed by atoms with Gasteiger partial charge in [0.25, 0.3) is 0 Å². The molecule has 2 aromatic heterocycles. The van der Waals surface area contributed by atoms with Crippen molar-refractivity contribution in [2.75, 3.05) is 48.2 Å². The highest BCUT2D eigenvalue weighted by atomic mass is 19.1. The lowest BCUT2D eigenvalue weighted by Crippen LogP contribution is -2.16. The topological polar surface area (TPSA) is 175 Å². The van der Waals surface area contributed by atoms with E-state index in [0.717, 1.165) is 22.4 Å². The van der Waals surface area contributed by atoms with Crippen molar-refractivity contribution in [2.45, 2.75) is 19.4 Å². The summed E-state index contributed by atoms with van der Waals surface area (Å²) in [6.45, 7) is 2.03. The number of nitrogens with one attached hydrogen (secondary N) is 2. The molecular formula is C32H32FN11O2. The number of nitrogens with zero attached hydrogens (tertiary/aromatic N) is 7. The van der Waals surface area contributed by atoms with Gasteiger partial charge in [0.05, 0.1) is 18.9 Å². The lowest BCUT2D eigenvalue weighted by Gasteiger charge is -2.20. The molecule has 46 heavy (non-hydrogen) atoms. The molecule has 5 aromatic rings. The minimum Gasteiger partial charge on any atom is -0.493 e. The number of methoxy groups -OCH3 is 1. The van der Waals surface area contributed by atoms with Crippen molar-refractivity contribution in [2.24, 2.45) is 4.99 Å². The molecule has 0 bridgehead atoms. The normalized spacial score (nSPS) is 13.9. The zero-order chi connectivity index (χ0) is 32.4. The summed E-state index contributed by atoms with van der Waals surface area (Å²) in [5.74, 6) is 1.71. The van der Waals surface area contributed by atoms with E-state index in [1.165, 1.54) is 12.1 Å². The highest BCUT2D eigenvalue weighted by molar-refractivity contribution is 6.04. The van der Waals surface area contributed by atoms with Gasteiger partial charge in [0.15, 0.2) is 23.1 Å². The van der Waals surface area contributed by atoms with E-state index in [1.807, 2.05) is 43.3 Å². The fraction of sp³-hybridized carbons (Fsp3) is 0.188. The van der Waals surface area contributed by atoms with Crippen LogP contribution in [0.4, 0.5) is 45.2 Å². The van der Waals surface area contributed by atoms with E-state index < -0.39 is 0 Å². The van der Waals surface area contributed by atoms with Crippen LogP contribution in [0, 0.1) is 12.7 Å². The summed E-state index contributed by atoms with van der Waals surface area (Å²) in [4.78, 5) is 28.4. The number of hydrogen-bond donors (Lipinski definition) is 4. The van der Waals surface area contributed by atoms with Crippen molar-refractivity contribution in [3.8, 4) is 17.5 Å². The largest absolute Gasteiger partial charge is 0.493 e. The van der Waals surface area contributed by atoms with Crippen molar-refractivity contribution in [1.29, 1.82) is 0 Å². The Labute approximate surface area is 264 Å². The Morgan fingerprint density at radius 2 is 1.67 bits per heavy atom. The van der Waals surface area contributed by atoms with Crippen LogP contribution in [0.3, 0.4) is 0 Å². The van der Waals surface area contributed by atoms with Gasteiger partial charge in [0.1, 0.15) is 11.5 Å². The van der Waals surface area contributed by atoms with Gasteiger partial charge in [-0.1, -0.05) is 35.9 Å². The average molecular weight is 622 g/mol. The van der Waals surface area contributed by atoms with Crippen LogP contribution < -0.4 is 36.5 Å². The first-order chi connectivity index (χ1) is 22.1. The number of anilines is 6. The van der Waals surface area contributed by atoms with E-state index >= 15 is 0 Å². The van der Waals surface area contributed by atoms with E-state index in [9.17, 15) is 4.39 Å². The van der Waals surface area contributed by atoms with Crippen molar-refractivity contribution in [3.05, 3.63) is 89.2 Å². The second kappa shape index (κ2) is 12.5. The first-order valence-electron chi connectivity index (χ1n) is 14.3. The standard InChI is InChI=1S/C32H32FN11O2/c1-17-5-7-18(8-6-17)22-16-23(38-28-26(37-22)27(34)39-29(35)40-28)19-9-14-24(25(15-19)45-4)46-32-42-30(41-31(43-32)44(2)3)36-21-12-10-20(33)11-13-21/h5-15,23H,16H2,1-4H3,(H,36,41,42,43)(H5,34,35,38,39,40). The zero-order valence-corrected chi connectivity index (χ0v) is 25.6. The quantitative estimate of drug-likeness (QED) is 0.170. The molecule has 14 heteroatoms. The van der Waals surface area contributed by atoms with Gasteiger partial charge in [0, 0.05) is 26.2 Å². The fourth-order valence-electron chi connectivity index (χ4n) is 4.81. The lowest BCUT2D eigenvalue weighted by atomic mass is 9.96. The summed E-state index contributed by atoms with van der Waals surface area (Å²) < 4.78 is 25.3. The second-order valence-electron chi connectivity index (χ2n) is 10.8. The summed E-state index contributed by atoms with van der Waals surface area (Å²) in [6, 6.07) is 19.3. The number of ether oxygens (including phenoxy) is 2. The second-order valence-corrected chi connectivity index (χ2v) is 10.8. The van der Waals surface area contributed by atoms with Crippen molar-refractivity contribution < 1.29 is 13.9 Å². The number of rotatable bonds is 8. The number of halogens is 1. The third-order valence-electron chi connectivity index (χ3n) is 7.16. The zero-order valence-electron chi connectivity index (χ0n) is 25.6. The van der Waals surface area contributed by atoms with Gasteiger partial charge in [0.2, 0.25) is 17.8 Å². The van der Waals surface area contributed by atoms with E-state index in [-0.39, 0.29) is 35.6 Å². The van der Waals surface area contributed by atoms with Crippen molar-refractivity contribution >= 4 is 46.6 Å². The van der Waals surface area contributed by atoms with E-state index in [4.69, 9.17) is 25.9 Å². The van der Waals surface area contributed by atoms with Crippen LogP contribution in [0.1, 0.15) is 29.2 Å². The Morgan fingerprint density at radius 1 is 0.913 bits per heavy atom. The van der Waals surface area contributed by atoms with Gasteiger partial charge in [-0.2, -0.15) is 24.9 Å². The number of fused-ring (bicyclic) bond motifs is 1. The monoisotopic (exact) mass is 621 g/mol. The maximum absolute atomic E-state index is 13.4. The molecule has 234 valence electrons. The van der Waals surface area contributed by atoms with Crippen molar-refractivity contribution in [1.82, 2.24) is 24.9 Å². The molecule has 6 N–H and O–H groups in total. The minimum atomic E-state index is -0.349. The molecule has 13 nitrogen and oxygen atoms in total. The summed E-state index contributed by atoms with van der Waals surface area (Å²) in [5, 5.41) is 6.51. The predicted octanol–water partition coefficient (Wildman–Crippen LogP) is 5.56. The molecule has 1 unspecified atom stereocenters. The predicted molar refractivity (Wildman–Crippen MR) is 176 cm³/mol. The molecular weight excluding hydrogens is 589 g/mol. The molecule has 1 aliphatic rings. The summed E-state index contributed by atoms with van der Waals surface area (Å²) in [5.41, 5.74) is 17.0. The number of hydrogen-bond acceptors (Lipinski definition) is 13. The third-order valence-corrected chi connectivity index (χ3v) is 7.16. The summed E-state index contributed by atoms with van der Waals surface area (Å²) in [6.07, 6.45) is 0.500. The Balaban J connectivity index is 1.32. The van der Waals surface area contributed by atoms with Gasteiger partial charge >= 0.3 is 6.01 Å². The SMILES string of the molecule is COc1cc(C2CC(c3ccc(C)cc3)=Nc3c(N)nc(N)nc3N2)ccc1Oc1nc(Nc2ccc(F)cc2)nc(N(C)C)n1. The first-order valence-corrected chi connectivity index (χ1v) is 14.3. The maximum atomic E-state index is 13.4. The Bertz CT molecular complexity index is 1920. The number of benzene rings is 3. The number of aromatic nitrogens is 5. The number of nitrogens with two attached hydrogens (primary N) is 2. The molecule has 3 heterocycles. The van der Waals surface area contributed by atoms with Crippen LogP contribution in [0.15, 0.2) is 71.7 Å². The minimum absolute atomic E-state index is 0.0346. The number of aryl methyl sites for hydroxylation is 1. The lowest BCUT2D eigenvalue weighted by molar-refractivity contribution is 0.367. The third kappa shape index (κ3) is 6.55. The molecule has 3 aromatic carbocycles. The molecule has 6 rings (SSSR count). The van der Waals surface area contributed by atoms with Crippen LogP contribution in [0.25, 0.3) is 0 Å². The molecule has 0 radical (unpaired) electrons. The highest BCUT2D eigenvalue weighted by Crippen LogP contribution is 2.40. The molecule has 0 saturated heterocycles. The van der Waals surface area contributed by atoms with Gasteiger partial charge in [-0.05, 0) is 54.4 Å². The Morgan fingerprint density at radius 3 is 2.39 bits per heavy atom. The number of aliphatic imine (C=N–C) groups is 1. The van der Waals surface area contributed by atoms with Gasteiger partial charge in [-0.25, -0.2) is 9.38 Å². The molecule has 0 fully saturated rings. The average Bonchev–Trinajstić information content (AvgIpc) is 3.23. The molecule has 0 saturated carbocycles. The van der Waals surface area contributed by atoms with Crippen LogP contribution in [-0.4, -0.2) is 51.8 Å². The van der Waals surface area contributed by atoms with E-state index in [0.29, 0.717) is 41.1 Å². The van der Waals surface area contributed by atoms with Crippen LogP contribution in [-0.2, 0) is 0 Å². The Kier molecular flexibility index (Phi) is 8.16. The van der Waals surface area contributed by atoms with E-state index in [2.05, 4.69) is 35.6 Å². The molecule has 1 aliphatic heterocycles. The summed E-state index contributed by atoms with van der Waals surface area (Å²) in [7, 11) is 5.15. The summed E-state index contributed by atoms with van der Waals surface area (Å²) >= 11 is 0. The Hall–Kier alpha value is -6.05. The highest BCUT2D eigenvalue weighted by Gasteiger charge is 2.25. The van der Waals surface area contributed by atoms with Crippen molar-refractivity contribution in [3.63, 3.8) is 0 Å². The fourth-order valence-corrected chi connectivity index (χ4v) is 4.81. The van der Waals surface area contributed by atoms with E-state index in [1.54, 1.807) is 44.3 Å². The van der Waals surface area contributed by atoms with Gasteiger partial charge in [-0.3, -0.25) is 0 Å². The smallest absolute Gasteiger partial charge is 0.328 e. The maximum Gasteiger partial charge on any atom is 0.328 e. The molecule has 0 amide bonds.